The maximum atomic E-state index is 11.2. The van der Waals surface area contributed by atoms with Gasteiger partial charge in [-0.2, -0.15) is 0 Å². The normalized spacial score (nSPS) is 9.38. The fourth-order valence-electron chi connectivity index (χ4n) is 0.959. The summed E-state index contributed by atoms with van der Waals surface area (Å²) in [6, 6.07) is 0. The first-order chi connectivity index (χ1) is 7.47. The summed E-state index contributed by atoms with van der Waals surface area (Å²) < 4.78 is 4.40. The zero-order valence-corrected chi connectivity index (χ0v) is 9.36. The number of carbonyl (C=O) groups is 3. The quantitative estimate of drug-likeness (QED) is 0.611. The van der Waals surface area contributed by atoms with Crippen LogP contribution in [0.4, 0.5) is 4.79 Å². The molecule has 0 unspecified atom stereocenters. The second kappa shape index (κ2) is 7.49. The molecule has 0 radical (unpaired) electrons. The summed E-state index contributed by atoms with van der Waals surface area (Å²) in [5, 5.41) is 10.8. The molecule has 0 rings (SSSR count). The lowest BCUT2D eigenvalue weighted by Gasteiger charge is -2.14. The van der Waals surface area contributed by atoms with E-state index in [0.717, 1.165) is 4.90 Å². The van der Waals surface area contributed by atoms with Crippen LogP contribution in [0.2, 0.25) is 0 Å². The molecule has 0 aliphatic heterocycles. The van der Waals surface area contributed by atoms with Crippen LogP contribution >= 0.6 is 0 Å². The third-order valence-electron chi connectivity index (χ3n) is 1.76. The van der Waals surface area contributed by atoms with E-state index in [2.05, 4.69) is 10.1 Å². The molecule has 7 nitrogen and oxygen atoms in total. The third kappa shape index (κ3) is 6.63. The van der Waals surface area contributed by atoms with Crippen molar-refractivity contribution in [2.24, 2.45) is 0 Å². The van der Waals surface area contributed by atoms with E-state index in [9.17, 15) is 14.4 Å². The summed E-state index contributed by atoms with van der Waals surface area (Å²) in [6.45, 7) is 0.167. The molecule has 92 valence electrons. The van der Waals surface area contributed by atoms with E-state index in [4.69, 9.17) is 5.11 Å². The Bertz CT molecular complexity index is 267. The Hall–Kier alpha value is -1.79. The van der Waals surface area contributed by atoms with Gasteiger partial charge in [0.05, 0.1) is 7.11 Å². The average molecular weight is 232 g/mol. The van der Waals surface area contributed by atoms with Crippen molar-refractivity contribution in [2.45, 2.75) is 12.8 Å². The SMILES string of the molecule is COC(=O)N(C)CC(=O)NCCCC(=O)O. The molecular formula is C9H16N2O5. The molecule has 7 heteroatoms. The van der Waals surface area contributed by atoms with E-state index in [-0.39, 0.29) is 25.4 Å². The summed E-state index contributed by atoms with van der Waals surface area (Å²) in [5.41, 5.74) is 0. The van der Waals surface area contributed by atoms with Crippen molar-refractivity contribution in [1.82, 2.24) is 10.2 Å². The second-order valence-electron chi connectivity index (χ2n) is 3.17. The van der Waals surface area contributed by atoms with E-state index in [0.29, 0.717) is 6.42 Å². The van der Waals surface area contributed by atoms with E-state index >= 15 is 0 Å². The van der Waals surface area contributed by atoms with E-state index < -0.39 is 12.1 Å². The Morgan fingerprint density at radius 2 is 2.00 bits per heavy atom. The number of nitrogens with one attached hydrogen (secondary N) is 1. The van der Waals surface area contributed by atoms with Gasteiger partial charge in [-0.1, -0.05) is 0 Å². The Balaban J connectivity index is 3.66. The molecule has 16 heavy (non-hydrogen) atoms. The van der Waals surface area contributed by atoms with E-state index in [1.807, 2.05) is 0 Å². The number of nitrogens with zero attached hydrogens (tertiary/aromatic N) is 1. The van der Waals surface area contributed by atoms with Crippen molar-refractivity contribution >= 4 is 18.0 Å². The number of carbonyl (C=O) groups excluding carboxylic acids is 2. The van der Waals surface area contributed by atoms with Gasteiger partial charge in [0, 0.05) is 20.0 Å². The van der Waals surface area contributed by atoms with Gasteiger partial charge < -0.3 is 20.1 Å². The highest BCUT2D eigenvalue weighted by atomic mass is 16.5. The fraction of sp³-hybridized carbons (Fsp3) is 0.667. The van der Waals surface area contributed by atoms with Gasteiger partial charge in [-0.15, -0.1) is 0 Å². The van der Waals surface area contributed by atoms with Crippen molar-refractivity contribution in [3.63, 3.8) is 0 Å². The first-order valence-corrected chi connectivity index (χ1v) is 4.75. The summed E-state index contributed by atoms with van der Waals surface area (Å²) in [6.07, 6.45) is -0.225. The van der Waals surface area contributed by atoms with Gasteiger partial charge in [-0.05, 0) is 6.42 Å². The smallest absolute Gasteiger partial charge is 0.409 e. The molecule has 0 aromatic heterocycles. The minimum absolute atomic E-state index is 0.00706. The van der Waals surface area contributed by atoms with Crippen molar-refractivity contribution in [1.29, 1.82) is 0 Å². The molecule has 0 saturated heterocycles. The van der Waals surface area contributed by atoms with Crippen LogP contribution in [0.3, 0.4) is 0 Å². The van der Waals surface area contributed by atoms with E-state index in [1.165, 1.54) is 14.2 Å². The number of methoxy groups -OCH3 is 1. The first kappa shape index (κ1) is 14.2. The van der Waals surface area contributed by atoms with Crippen LogP contribution in [0.5, 0.6) is 0 Å². The molecule has 0 aromatic rings. The minimum Gasteiger partial charge on any atom is -0.481 e. The van der Waals surface area contributed by atoms with Crippen LogP contribution in [0.15, 0.2) is 0 Å². The number of carboxylic acids is 1. The molecule has 0 heterocycles. The standard InChI is InChI=1S/C9H16N2O5/c1-11(9(15)16-2)6-7(12)10-5-3-4-8(13)14/h3-6H2,1-2H3,(H,10,12)(H,13,14). The third-order valence-corrected chi connectivity index (χ3v) is 1.76. The zero-order valence-electron chi connectivity index (χ0n) is 9.36. The fourth-order valence-corrected chi connectivity index (χ4v) is 0.959. The highest BCUT2D eigenvalue weighted by Gasteiger charge is 2.12. The van der Waals surface area contributed by atoms with Crippen molar-refractivity contribution in [3.05, 3.63) is 0 Å². The Morgan fingerprint density at radius 1 is 1.38 bits per heavy atom. The predicted octanol–water partition coefficient (Wildman–Crippen LogP) is -0.334. The molecule has 0 atom stereocenters. The minimum atomic E-state index is -0.902. The number of aliphatic carboxylic acids is 1. The lowest BCUT2D eigenvalue weighted by atomic mass is 10.3. The topological polar surface area (TPSA) is 95.9 Å². The van der Waals surface area contributed by atoms with Gasteiger partial charge in [0.15, 0.2) is 0 Å². The highest BCUT2D eigenvalue weighted by Crippen LogP contribution is 1.89. The largest absolute Gasteiger partial charge is 0.481 e. The molecule has 0 aromatic carbocycles. The number of carboxylic acid groups (broad SMARTS) is 1. The van der Waals surface area contributed by atoms with Crippen LogP contribution < -0.4 is 5.32 Å². The van der Waals surface area contributed by atoms with Crippen LogP contribution in [0, 0.1) is 0 Å². The summed E-state index contributed by atoms with van der Waals surface area (Å²) in [5.74, 6) is -1.25. The van der Waals surface area contributed by atoms with Crippen molar-refractivity contribution in [2.75, 3.05) is 27.2 Å². The summed E-state index contributed by atoms with van der Waals surface area (Å²) in [4.78, 5) is 33.4. The average Bonchev–Trinajstić information content (AvgIpc) is 2.22. The van der Waals surface area contributed by atoms with Gasteiger partial charge >= 0.3 is 12.1 Å². The molecule has 0 bridgehead atoms. The van der Waals surface area contributed by atoms with Crippen LogP contribution in [-0.2, 0) is 14.3 Å². The lowest BCUT2D eigenvalue weighted by Crippen LogP contribution is -2.38. The Labute approximate surface area is 93.4 Å². The summed E-state index contributed by atoms with van der Waals surface area (Å²) in [7, 11) is 2.66. The first-order valence-electron chi connectivity index (χ1n) is 4.75. The van der Waals surface area contributed by atoms with Gasteiger partial charge in [-0.25, -0.2) is 4.79 Å². The lowest BCUT2D eigenvalue weighted by molar-refractivity contribution is -0.137. The maximum absolute atomic E-state index is 11.2. The number of hydrogen-bond donors (Lipinski definition) is 2. The second-order valence-corrected chi connectivity index (χ2v) is 3.17. The molecule has 0 spiro atoms. The Morgan fingerprint density at radius 3 is 2.50 bits per heavy atom. The molecule has 0 aliphatic rings. The van der Waals surface area contributed by atoms with E-state index in [1.54, 1.807) is 0 Å². The van der Waals surface area contributed by atoms with Crippen molar-refractivity contribution in [3.8, 4) is 0 Å². The number of likely N-dealkylation sites (N-methyl/N-ethyl adjacent to an activating group) is 1. The van der Waals surface area contributed by atoms with Crippen LogP contribution in [0.25, 0.3) is 0 Å². The van der Waals surface area contributed by atoms with Gasteiger partial charge in [0.2, 0.25) is 5.91 Å². The summed E-state index contributed by atoms with van der Waals surface area (Å²) >= 11 is 0. The van der Waals surface area contributed by atoms with Crippen molar-refractivity contribution < 1.29 is 24.2 Å². The molecule has 0 saturated carbocycles. The van der Waals surface area contributed by atoms with Gasteiger partial charge in [-0.3, -0.25) is 9.59 Å². The Kier molecular flexibility index (Phi) is 6.66. The predicted molar refractivity (Wildman–Crippen MR) is 54.9 cm³/mol. The van der Waals surface area contributed by atoms with Crippen LogP contribution in [-0.4, -0.2) is 55.2 Å². The number of hydrogen-bond acceptors (Lipinski definition) is 4. The van der Waals surface area contributed by atoms with Gasteiger partial charge in [0.1, 0.15) is 6.54 Å². The number of amides is 2. The number of rotatable bonds is 6. The number of ether oxygens (including phenoxy) is 1. The van der Waals surface area contributed by atoms with Gasteiger partial charge in [0.25, 0.3) is 0 Å². The molecular weight excluding hydrogens is 216 g/mol. The monoisotopic (exact) mass is 232 g/mol. The highest BCUT2D eigenvalue weighted by molar-refractivity contribution is 5.82. The zero-order chi connectivity index (χ0) is 12.6. The van der Waals surface area contributed by atoms with Crippen LogP contribution in [0.1, 0.15) is 12.8 Å². The molecule has 2 amide bonds. The maximum Gasteiger partial charge on any atom is 0.409 e. The molecule has 2 N–H and O–H groups in total. The molecule has 0 fully saturated rings. The molecule has 0 aliphatic carbocycles.